The van der Waals surface area contributed by atoms with Crippen LogP contribution in [0.4, 0.5) is 0 Å². The van der Waals surface area contributed by atoms with E-state index in [-0.39, 0.29) is 11.9 Å². The van der Waals surface area contributed by atoms with Crippen molar-refractivity contribution in [3.05, 3.63) is 77.4 Å². The van der Waals surface area contributed by atoms with E-state index < -0.39 is 16.5 Å². The fourth-order valence-corrected chi connectivity index (χ4v) is 9.53. The average Bonchev–Trinajstić information content (AvgIpc) is 3.44. The van der Waals surface area contributed by atoms with Crippen molar-refractivity contribution in [3.8, 4) is 11.5 Å². The fraction of sp³-hybridized carbons (Fsp3) is 0.344. The number of thioether (sulfide) groups is 1. The molecule has 2 N–H and O–H groups in total. The van der Waals surface area contributed by atoms with Crippen LogP contribution in [0.2, 0.25) is 0 Å². The Morgan fingerprint density at radius 1 is 1.15 bits per heavy atom. The van der Waals surface area contributed by atoms with Crippen LogP contribution in [-0.4, -0.2) is 51.6 Å². The molecular weight excluding hydrogens is 508 g/mol. The number of nitrogens with zero attached hydrogens (tertiary/aromatic N) is 1. The summed E-state index contributed by atoms with van der Waals surface area (Å²) in [6.45, 7) is 4.47. The molecule has 0 saturated carbocycles. The van der Waals surface area contributed by atoms with E-state index in [4.69, 9.17) is 9.47 Å². The Hall–Kier alpha value is -3.26. The molecule has 1 spiro atoms. The molecule has 5 atom stereocenters. The molecule has 1 aromatic heterocycles. The summed E-state index contributed by atoms with van der Waals surface area (Å²) in [6, 6.07) is 17.0. The first-order chi connectivity index (χ1) is 18.8. The van der Waals surface area contributed by atoms with Gasteiger partial charge in [0, 0.05) is 45.6 Å². The first-order valence-electron chi connectivity index (χ1n) is 13.6. The molecule has 2 aliphatic carbocycles. The van der Waals surface area contributed by atoms with Gasteiger partial charge in [-0.15, -0.1) is 0 Å². The smallest absolute Gasteiger partial charge is 0.308 e. The number of H-pyrrole nitrogens is 1. The van der Waals surface area contributed by atoms with Crippen LogP contribution < -0.4 is 9.47 Å². The van der Waals surface area contributed by atoms with Crippen LogP contribution in [0.5, 0.6) is 11.5 Å². The van der Waals surface area contributed by atoms with E-state index >= 15 is 0 Å². The number of hydrogen-bond donors (Lipinski definition) is 2. The number of aromatic nitrogens is 1. The molecule has 2 aliphatic heterocycles. The molecular formula is C32H30N2O4S. The van der Waals surface area contributed by atoms with Gasteiger partial charge in [-0.1, -0.05) is 54.2 Å². The van der Waals surface area contributed by atoms with Gasteiger partial charge in [-0.3, -0.25) is 4.79 Å². The highest BCUT2D eigenvalue weighted by Gasteiger charge is 2.73. The second-order valence-electron chi connectivity index (χ2n) is 11.5. The minimum atomic E-state index is -0.996. The molecule has 0 unspecified atom stereocenters. The third-order valence-electron chi connectivity index (χ3n) is 9.66. The predicted octanol–water partition coefficient (Wildman–Crippen LogP) is 5.48. The number of hydrogen-bond acceptors (Lipinski definition) is 6. The Bertz CT molecular complexity index is 1740. The standard InChI is InChI=1S/C32H30N2O4S/c1-17-26(12-9-21-20-6-4-5-7-23(20)33-29(17)21)39-32-27(36)13-10-22-24-16-19-8-11-25(37-18(2)35)30(38-32)28(19)31(22,32)14-15-34(24)3/h4-13,22,24,27,33,36H,14-16H2,1-3H3/t22-,24+,27-,31-,32+/m0/s1. The number of nitrogens with one attached hydrogen (secondary N) is 1. The lowest BCUT2D eigenvalue weighted by Gasteiger charge is -2.60. The number of piperidine rings is 1. The Kier molecular flexibility index (Phi) is 4.78. The highest BCUT2D eigenvalue weighted by molar-refractivity contribution is 8.00. The first-order valence-corrected chi connectivity index (χ1v) is 14.4. The molecule has 1 saturated heterocycles. The van der Waals surface area contributed by atoms with Crippen LogP contribution in [0.3, 0.4) is 0 Å². The fourth-order valence-electron chi connectivity index (χ4n) is 7.97. The number of aryl methyl sites for hydroxylation is 1. The molecule has 4 aliphatic rings. The zero-order valence-corrected chi connectivity index (χ0v) is 23.0. The summed E-state index contributed by atoms with van der Waals surface area (Å²) in [5.41, 5.74) is 5.25. The highest BCUT2D eigenvalue weighted by atomic mass is 32.2. The summed E-state index contributed by atoms with van der Waals surface area (Å²) in [6.07, 6.45) is 5.05. The average molecular weight is 539 g/mol. The van der Waals surface area contributed by atoms with Crippen LogP contribution >= 0.6 is 11.8 Å². The summed E-state index contributed by atoms with van der Waals surface area (Å²) >= 11 is 1.63. The number of aliphatic hydroxyl groups excluding tert-OH is 1. The van der Waals surface area contributed by atoms with Crippen molar-refractivity contribution in [1.82, 2.24) is 9.88 Å². The number of aliphatic hydroxyl groups is 1. The monoisotopic (exact) mass is 538 g/mol. The number of carbonyl (C=O) groups is 1. The van der Waals surface area contributed by atoms with Gasteiger partial charge in [0.15, 0.2) is 16.4 Å². The first kappa shape index (κ1) is 23.6. The number of benzene rings is 3. The van der Waals surface area contributed by atoms with Crippen LogP contribution in [-0.2, 0) is 16.6 Å². The lowest BCUT2D eigenvalue weighted by Crippen LogP contribution is -2.69. The zero-order chi connectivity index (χ0) is 26.7. The summed E-state index contributed by atoms with van der Waals surface area (Å²) in [5, 5.41) is 14.3. The summed E-state index contributed by atoms with van der Waals surface area (Å²) in [7, 11) is 2.20. The van der Waals surface area contributed by atoms with E-state index in [1.165, 1.54) is 23.3 Å². The Labute approximate surface area is 231 Å². The molecule has 7 heteroatoms. The number of carbonyl (C=O) groups excluding carboxylic acids is 1. The number of rotatable bonds is 3. The molecule has 3 heterocycles. The zero-order valence-electron chi connectivity index (χ0n) is 22.2. The quantitative estimate of drug-likeness (QED) is 0.204. The maximum Gasteiger partial charge on any atom is 0.308 e. The third-order valence-corrected chi connectivity index (χ3v) is 11.3. The predicted molar refractivity (Wildman–Crippen MR) is 153 cm³/mol. The molecule has 0 amide bonds. The molecule has 3 aromatic carbocycles. The molecule has 39 heavy (non-hydrogen) atoms. The molecule has 1 fully saturated rings. The van der Waals surface area contributed by atoms with Gasteiger partial charge in [-0.05, 0) is 62.7 Å². The summed E-state index contributed by atoms with van der Waals surface area (Å²) in [5.74, 6) is 0.855. The van der Waals surface area contributed by atoms with Gasteiger partial charge in [-0.25, -0.2) is 0 Å². The minimum Gasteiger partial charge on any atom is -0.468 e. The van der Waals surface area contributed by atoms with Crippen LogP contribution in [0.25, 0.3) is 21.8 Å². The van der Waals surface area contributed by atoms with E-state index in [9.17, 15) is 9.90 Å². The van der Waals surface area contributed by atoms with Crippen LogP contribution in [0, 0.1) is 12.8 Å². The second kappa shape index (κ2) is 7.90. The number of likely N-dealkylation sites (tertiary alicyclic amines) is 1. The van der Waals surface area contributed by atoms with Crippen molar-refractivity contribution in [2.45, 2.75) is 54.1 Å². The van der Waals surface area contributed by atoms with E-state index in [1.807, 2.05) is 18.2 Å². The van der Waals surface area contributed by atoms with E-state index in [0.717, 1.165) is 46.4 Å². The van der Waals surface area contributed by atoms with Gasteiger partial charge in [-0.2, -0.15) is 0 Å². The third kappa shape index (κ3) is 2.88. The van der Waals surface area contributed by atoms with Crippen molar-refractivity contribution in [2.24, 2.45) is 5.92 Å². The number of para-hydroxylation sites is 1. The van der Waals surface area contributed by atoms with Gasteiger partial charge in [0.05, 0.1) is 10.9 Å². The molecule has 6 nitrogen and oxygen atoms in total. The number of ether oxygens (including phenoxy) is 2. The number of aromatic amines is 1. The number of likely N-dealkylation sites (N-methyl/N-ethyl adjacent to an activating group) is 1. The molecule has 2 bridgehead atoms. The van der Waals surface area contributed by atoms with Crippen molar-refractivity contribution < 1.29 is 19.4 Å². The topological polar surface area (TPSA) is 74.8 Å². The van der Waals surface area contributed by atoms with Gasteiger partial charge < -0.3 is 24.5 Å². The van der Waals surface area contributed by atoms with Crippen molar-refractivity contribution >= 4 is 39.5 Å². The Balaban J connectivity index is 1.36. The normalized spacial score (nSPS) is 30.4. The van der Waals surface area contributed by atoms with E-state index in [1.54, 1.807) is 11.8 Å². The molecule has 8 rings (SSSR count). The van der Waals surface area contributed by atoms with Gasteiger partial charge >= 0.3 is 5.97 Å². The van der Waals surface area contributed by atoms with Crippen molar-refractivity contribution in [1.29, 1.82) is 0 Å². The van der Waals surface area contributed by atoms with Crippen LogP contribution in [0.1, 0.15) is 30.0 Å². The van der Waals surface area contributed by atoms with Crippen molar-refractivity contribution in [3.63, 3.8) is 0 Å². The van der Waals surface area contributed by atoms with E-state index in [2.05, 4.69) is 66.3 Å². The lowest BCUT2D eigenvalue weighted by atomic mass is 9.53. The second-order valence-corrected chi connectivity index (χ2v) is 12.8. The minimum absolute atomic E-state index is 0.172. The van der Waals surface area contributed by atoms with Gasteiger partial charge in [0.2, 0.25) is 0 Å². The molecule has 4 aromatic rings. The molecule has 198 valence electrons. The SMILES string of the molecule is CC(=O)Oc1ccc2c3c1O[C@@]1(Sc4ccc5c([nH]c6ccccc65)c4C)[C@@H](O)C=C[C@H]4[C@@H](C2)N(C)CC[C@@]341. The summed E-state index contributed by atoms with van der Waals surface area (Å²) < 4.78 is 12.7. The maximum absolute atomic E-state index is 12.1. The number of esters is 1. The Morgan fingerprint density at radius 2 is 2.00 bits per heavy atom. The lowest BCUT2D eigenvalue weighted by molar-refractivity contribution is -0.132. The number of fused-ring (bicyclic) bond motifs is 3. The Morgan fingerprint density at radius 3 is 2.85 bits per heavy atom. The highest BCUT2D eigenvalue weighted by Crippen LogP contribution is 2.70. The van der Waals surface area contributed by atoms with E-state index in [0.29, 0.717) is 17.5 Å². The van der Waals surface area contributed by atoms with Gasteiger partial charge in [0.1, 0.15) is 6.10 Å². The molecule has 0 radical (unpaired) electrons. The van der Waals surface area contributed by atoms with Crippen LogP contribution in [0.15, 0.2) is 65.6 Å². The largest absolute Gasteiger partial charge is 0.468 e. The van der Waals surface area contributed by atoms with Gasteiger partial charge in [0.25, 0.3) is 0 Å². The van der Waals surface area contributed by atoms with Crippen molar-refractivity contribution in [2.75, 3.05) is 13.6 Å². The summed E-state index contributed by atoms with van der Waals surface area (Å²) in [4.78, 5) is 18.2. The maximum atomic E-state index is 12.1.